The number of fused-ring (bicyclic) bond motifs is 6. The van der Waals surface area contributed by atoms with Gasteiger partial charge in [-0.1, -0.05) is 36.4 Å². The molecule has 5 rings (SSSR count). The van der Waals surface area contributed by atoms with E-state index in [-0.39, 0.29) is 35.9 Å². The molecule has 116 valence electrons. The summed E-state index contributed by atoms with van der Waals surface area (Å²) in [6, 6.07) is 11.9. The molecule has 0 N–H and O–H groups in total. The van der Waals surface area contributed by atoms with Crippen LogP contribution in [0.2, 0.25) is 0 Å². The Hall–Kier alpha value is -2.20. The van der Waals surface area contributed by atoms with E-state index >= 15 is 0 Å². The number of carbonyl (C=O) groups is 2. The quantitative estimate of drug-likeness (QED) is 0.761. The predicted octanol–water partition coefficient (Wildman–Crippen LogP) is 2.82. The van der Waals surface area contributed by atoms with Crippen LogP contribution in [0.15, 0.2) is 36.4 Å². The lowest BCUT2D eigenvalue weighted by molar-refractivity contribution is -0.124. The number of hydrogen-bond acceptors (Lipinski definition) is 3. The van der Waals surface area contributed by atoms with Gasteiger partial charge in [0.1, 0.15) is 0 Å². The molecule has 0 spiro atoms. The van der Waals surface area contributed by atoms with Gasteiger partial charge in [-0.15, -0.1) is 0 Å². The Labute approximate surface area is 134 Å². The molecule has 0 radical (unpaired) electrons. The van der Waals surface area contributed by atoms with Crippen molar-refractivity contribution in [2.45, 2.75) is 32.0 Å². The zero-order valence-corrected chi connectivity index (χ0v) is 12.9. The van der Waals surface area contributed by atoms with E-state index in [9.17, 15) is 9.59 Å². The third-order valence-corrected chi connectivity index (χ3v) is 5.61. The number of nitrogens with zero attached hydrogens (tertiary/aromatic N) is 1. The highest BCUT2D eigenvalue weighted by molar-refractivity contribution is 6.26. The minimum Gasteiger partial charge on any atom is -0.373 e. The molecule has 3 aliphatic rings. The van der Waals surface area contributed by atoms with Crippen LogP contribution in [-0.4, -0.2) is 24.0 Å². The molecule has 23 heavy (non-hydrogen) atoms. The molecule has 0 aliphatic carbocycles. The predicted molar refractivity (Wildman–Crippen MR) is 86.1 cm³/mol. The normalized spacial score (nSPS) is 32.1. The summed E-state index contributed by atoms with van der Waals surface area (Å²) in [5, 5.41) is 2.01. The van der Waals surface area contributed by atoms with Crippen molar-refractivity contribution < 1.29 is 14.3 Å². The van der Waals surface area contributed by atoms with Crippen LogP contribution in [0, 0.1) is 18.8 Å². The Morgan fingerprint density at radius 2 is 1.61 bits per heavy atom. The second kappa shape index (κ2) is 4.42. The van der Waals surface area contributed by atoms with Crippen molar-refractivity contribution in [2.24, 2.45) is 11.8 Å². The molecule has 4 atom stereocenters. The highest BCUT2D eigenvalue weighted by Crippen LogP contribution is 2.50. The monoisotopic (exact) mass is 307 g/mol. The third-order valence-electron chi connectivity index (χ3n) is 5.61. The molecule has 4 heteroatoms. The first kappa shape index (κ1) is 13.3. The van der Waals surface area contributed by atoms with Gasteiger partial charge in [0, 0.05) is 5.39 Å². The van der Waals surface area contributed by atoms with Gasteiger partial charge < -0.3 is 4.74 Å². The summed E-state index contributed by atoms with van der Waals surface area (Å²) in [6.07, 6.45) is 1.66. The van der Waals surface area contributed by atoms with Crippen molar-refractivity contribution in [3.05, 3.63) is 42.0 Å². The Morgan fingerprint density at radius 3 is 2.30 bits per heavy atom. The summed E-state index contributed by atoms with van der Waals surface area (Å²) in [5.74, 6) is -0.711. The van der Waals surface area contributed by atoms with Gasteiger partial charge in [-0.2, -0.15) is 0 Å². The molecule has 2 aromatic carbocycles. The molecule has 2 amide bonds. The summed E-state index contributed by atoms with van der Waals surface area (Å²) in [5.41, 5.74) is 1.71. The first-order chi connectivity index (χ1) is 11.2. The summed E-state index contributed by atoms with van der Waals surface area (Å²) in [7, 11) is 0. The summed E-state index contributed by atoms with van der Waals surface area (Å²) < 4.78 is 5.81. The lowest BCUT2D eigenvalue weighted by Gasteiger charge is -2.21. The van der Waals surface area contributed by atoms with Crippen molar-refractivity contribution in [3.63, 3.8) is 0 Å². The van der Waals surface area contributed by atoms with Gasteiger partial charge in [0.15, 0.2) is 0 Å². The number of ether oxygens (including phenoxy) is 1. The molecule has 3 saturated heterocycles. The van der Waals surface area contributed by atoms with Gasteiger partial charge in [0.25, 0.3) is 0 Å². The number of benzene rings is 2. The molecule has 2 bridgehead atoms. The van der Waals surface area contributed by atoms with Gasteiger partial charge in [0.05, 0.1) is 29.7 Å². The van der Waals surface area contributed by atoms with Gasteiger partial charge in [-0.25, -0.2) is 4.90 Å². The smallest absolute Gasteiger partial charge is 0.240 e. The minimum absolute atomic E-state index is 0.0678. The molecule has 3 fully saturated rings. The van der Waals surface area contributed by atoms with E-state index in [4.69, 9.17) is 4.74 Å². The van der Waals surface area contributed by atoms with E-state index in [1.54, 1.807) is 0 Å². The van der Waals surface area contributed by atoms with Gasteiger partial charge in [-0.05, 0) is 30.7 Å². The van der Waals surface area contributed by atoms with Crippen LogP contribution in [0.3, 0.4) is 0 Å². The van der Waals surface area contributed by atoms with Crippen LogP contribution in [0.5, 0.6) is 0 Å². The number of aryl methyl sites for hydroxylation is 1. The van der Waals surface area contributed by atoms with E-state index in [0.29, 0.717) is 0 Å². The lowest BCUT2D eigenvalue weighted by Crippen LogP contribution is -2.34. The fraction of sp³-hybridized carbons (Fsp3) is 0.368. The molecule has 4 unspecified atom stereocenters. The second-order valence-electron chi connectivity index (χ2n) is 6.81. The molecule has 3 heterocycles. The van der Waals surface area contributed by atoms with Crippen molar-refractivity contribution >= 4 is 28.3 Å². The molecule has 0 aromatic heterocycles. The topological polar surface area (TPSA) is 46.6 Å². The summed E-state index contributed by atoms with van der Waals surface area (Å²) in [4.78, 5) is 27.5. The highest BCUT2D eigenvalue weighted by atomic mass is 16.5. The molecule has 0 saturated carbocycles. The average Bonchev–Trinajstić information content (AvgIpc) is 3.23. The fourth-order valence-corrected chi connectivity index (χ4v) is 4.59. The Bertz CT molecular complexity index is 831. The van der Waals surface area contributed by atoms with Gasteiger partial charge >= 0.3 is 0 Å². The molecule has 3 aliphatic heterocycles. The van der Waals surface area contributed by atoms with E-state index in [1.807, 2.05) is 43.3 Å². The standard InChI is InChI=1S/C19H17NO3/c1-10-6-7-11-4-2-3-5-12(11)17(10)20-18(21)15-13-8-9-14(23-13)16(15)19(20)22/h2-7,13-16H,8-9H2,1H3. The average molecular weight is 307 g/mol. The van der Waals surface area contributed by atoms with Crippen molar-refractivity contribution in [1.29, 1.82) is 0 Å². The van der Waals surface area contributed by atoms with Crippen LogP contribution in [0.4, 0.5) is 5.69 Å². The third kappa shape index (κ3) is 1.59. The molecule has 4 nitrogen and oxygen atoms in total. The van der Waals surface area contributed by atoms with E-state index in [1.165, 1.54) is 4.90 Å². The van der Waals surface area contributed by atoms with Crippen LogP contribution in [0.1, 0.15) is 18.4 Å². The molecular formula is C19H17NO3. The number of imide groups is 1. The van der Waals surface area contributed by atoms with Crippen LogP contribution in [0.25, 0.3) is 10.8 Å². The Morgan fingerprint density at radius 1 is 0.957 bits per heavy atom. The van der Waals surface area contributed by atoms with Crippen LogP contribution >= 0.6 is 0 Å². The summed E-state index contributed by atoms with van der Waals surface area (Å²) in [6.45, 7) is 1.96. The largest absolute Gasteiger partial charge is 0.373 e. The van der Waals surface area contributed by atoms with Crippen molar-refractivity contribution in [1.82, 2.24) is 0 Å². The maximum Gasteiger partial charge on any atom is 0.240 e. The van der Waals surface area contributed by atoms with Crippen molar-refractivity contribution in [2.75, 3.05) is 4.90 Å². The Kier molecular flexibility index (Phi) is 2.55. The van der Waals surface area contributed by atoms with Crippen molar-refractivity contribution in [3.8, 4) is 0 Å². The first-order valence-corrected chi connectivity index (χ1v) is 8.18. The lowest BCUT2D eigenvalue weighted by atomic mass is 9.81. The molecule has 2 aromatic rings. The number of amides is 2. The Balaban J connectivity index is 1.70. The number of rotatable bonds is 1. The van der Waals surface area contributed by atoms with Crippen LogP contribution in [-0.2, 0) is 14.3 Å². The highest BCUT2D eigenvalue weighted by Gasteiger charge is 2.62. The number of carbonyl (C=O) groups excluding carboxylic acids is 2. The SMILES string of the molecule is Cc1ccc2ccccc2c1N1C(=O)C2C3CCC(O3)C2C1=O. The zero-order valence-electron chi connectivity index (χ0n) is 12.9. The van der Waals surface area contributed by atoms with Gasteiger partial charge in [-0.3, -0.25) is 9.59 Å². The van der Waals surface area contributed by atoms with Gasteiger partial charge in [0.2, 0.25) is 11.8 Å². The summed E-state index contributed by atoms with van der Waals surface area (Å²) >= 11 is 0. The first-order valence-electron chi connectivity index (χ1n) is 8.18. The molecular weight excluding hydrogens is 290 g/mol. The second-order valence-corrected chi connectivity index (χ2v) is 6.81. The maximum atomic E-state index is 13.0. The number of hydrogen-bond donors (Lipinski definition) is 0. The minimum atomic E-state index is -0.278. The zero-order chi connectivity index (χ0) is 15.7. The maximum absolute atomic E-state index is 13.0. The van der Waals surface area contributed by atoms with E-state index in [0.717, 1.165) is 34.9 Å². The van der Waals surface area contributed by atoms with Crippen LogP contribution < -0.4 is 4.90 Å². The fourth-order valence-electron chi connectivity index (χ4n) is 4.59. The number of anilines is 1. The van der Waals surface area contributed by atoms with E-state index in [2.05, 4.69) is 0 Å². The van der Waals surface area contributed by atoms with E-state index < -0.39 is 0 Å².